The van der Waals surface area contributed by atoms with Gasteiger partial charge in [-0.15, -0.1) is 0 Å². The number of ether oxygens (including phenoxy) is 2. The van der Waals surface area contributed by atoms with Gasteiger partial charge >= 0.3 is 0 Å². The fourth-order valence-corrected chi connectivity index (χ4v) is 1.15. The van der Waals surface area contributed by atoms with Crippen molar-refractivity contribution in [3.63, 3.8) is 0 Å². The van der Waals surface area contributed by atoms with Crippen LogP contribution in [0.15, 0.2) is 18.2 Å². The van der Waals surface area contributed by atoms with Crippen molar-refractivity contribution < 1.29 is 13.9 Å². The number of epoxide rings is 1. The smallest absolute Gasteiger partial charge is 0.126 e. The van der Waals surface area contributed by atoms with Gasteiger partial charge in [-0.05, 0) is 37.6 Å². The molecule has 2 rings (SSSR count). The van der Waals surface area contributed by atoms with Gasteiger partial charge in [0.2, 0.25) is 0 Å². The molecule has 1 aromatic rings. The molecular formula is C11H13FO2. The van der Waals surface area contributed by atoms with Crippen molar-refractivity contribution in [2.45, 2.75) is 19.4 Å². The summed E-state index contributed by atoms with van der Waals surface area (Å²) in [7, 11) is 0. The topological polar surface area (TPSA) is 21.8 Å². The van der Waals surface area contributed by atoms with E-state index in [1.165, 1.54) is 6.07 Å². The summed E-state index contributed by atoms with van der Waals surface area (Å²) in [5.74, 6) is 0.492. The maximum absolute atomic E-state index is 12.9. The lowest BCUT2D eigenvalue weighted by atomic mass is 10.2. The first kappa shape index (κ1) is 9.46. The molecule has 0 aliphatic carbocycles. The van der Waals surface area contributed by atoms with Gasteiger partial charge in [0, 0.05) is 0 Å². The molecule has 1 unspecified atom stereocenters. The second-order valence-electron chi connectivity index (χ2n) is 3.94. The van der Waals surface area contributed by atoms with Crippen LogP contribution >= 0.6 is 0 Å². The van der Waals surface area contributed by atoms with E-state index in [2.05, 4.69) is 0 Å². The lowest BCUT2D eigenvalue weighted by Crippen LogP contribution is -2.16. The lowest BCUT2D eigenvalue weighted by Gasteiger charge is -2.09. The molecule has 1 aromatic carbocycles. The lowest BCUT2D eigenvalue weighted by molar-refractivity contribution is 0.202. The maximum Gasteiger partial charge on any atom is 0.126 e. The third kappa shape index (κ3) is 2.04. The minimum Gasteiger partial charge on any atom is -0.490 e. The van der Waals surface area contributed by atoms with Crippen LogP contribution in [0.3, 0.4) is 0 Å². The van der Waals surface area contributed by atoms with Crippen LogP contribution in [0.25, 0.3) is 0 Å². The molecule has 1 aliphatic heterocycles. The van der Waals surface area contributed by atoms with Gasteiger partial charge in [-0.25, -0.2) is 4.39 Å². The van der Waals surface area contributed by atoms with Gasteiger partial charge in [-0.2, -0.15) is 0 Å². The largest absolute Gasteiger partial charge is 0.490 e. The van der Waals surface area contributed by atoms with E-state index >= 15 is 0 Å². The molecule has 76 valence electrons. The van der Waals surface area contributed by atoms with Crippen molar-refractivity contribution >= 4 is 0 Å². The molecule has 2 nitrogen and oxygen atoms in total. The summed E-state index contributed by atoms with van der Waals surface area (Å²) in [4.78, 5) is 0. The molecular weight excluding hydrogens is 183 g/mol. The third-order valence-corrected chi connectivity index (χ3v) is 2.31. The zero-order chi connectivity index (χ0) is 10.2. The first-order valence-electron chi connectivity index (χ1n) is 4.62. The van der Waals surface area contributed by atoms with E-state index in [9.17, 15) is 4.39 Å². The van der Waals surface area contributed by atoms with Crippen LogP contribution in [-0.4, -0.2) is 18.8 Å². The highest BCUT2D eigenvalue weighted by atomic mass is 19.1. The van der Waals surface area contributed by atoms with Gasteiger partial charge in [0.05, 0.1) is 6.61 Å². The standard InChI is InChI=1S/C11H13FO2/c1-8-5-9(3-4-10(8)12)13-6-11(2)7-14-11/h3-5H,6-7H2,1-2H3. The van der Waals surface area contributed by atoms with E-state index in [1.54, 1.807) is 19.1 Å². The Labute approximate surface area is 82.6 Å². The summed E-state index contributed by atoms with van der Waals surface area (Å²) in [6, 6.07) is 4.75. The fourth-order valence-electron chi connectivity index (χ4n) is 1.15. The van der Waals surface area contributed by atoms with Gasteiger partial charge in [-0.1, -0.05) is 0 Å². The number of benzene rings is 1. The molecule has 0 spiro atoms. The van der Waals surface area contributed by atoms with E-state index in [0.717, 1.165) is 6.61 Å². The van der Waals surface area contributed by atoms with Crippen molar-refractivity contribution in [1.29, 1.82) is 0 Å². The van der Waals surface area contributed by atoms with E-state index in [0.29, 0.717) is 17.9 Å². The van der Waals surface area contributed by atoms with Gasteiger partial charge in [-0.3, -0.25) is 0 Å². The van der Waals surface area contributed by atoms with Gasteiger partial charge in [0.1, 0.15) is 23.8 Å². The molecule has 1 aliphatic rings. The third-order valence-electron chi connectivity index (χ3n) is 2.31. The predicted octanol–water partition coefficient (Wildman–Crippen LogP) is 2.30. The molecule has 0 amide bonds. The van der Waals surface area contributed by atoms with Crippen LogP contribution in [0.2, 0.25) is 0 Å². The summed E-state index contributed by atoms with van der Waals surface area (Å²) >= 11 is 0. The molecule has 1 atom stereocenters. The van der Waals surface area contributed by atoms with E-state index in [4.69, 9.17) is 9.47 Å². The fraction of sp³-hybridized carbons (Fsp3) is 0.455. The van der Waals surface area contributed by atoms with Crippen LogP contribution in [0.4, 0.5) is 4.39 Å². The Balaban J connectivity index is 1.99. The zero-order valence-electron chi connectivity index (χ0n) is 8.34. The van der Waals surface area contributed by atoms with E-state index in [1.807, 2.05) is 6.92 Å². The monoisotopic (exact) mass is 196 g/mol. The molecule has 1 saturated heterocycles. The number of rotatable bonds is 3. The molecule has 3 heteroatoms. The molecule has 14 heavy (non-hydrogen) atoms. The molecule has 1 heterocycles. The number of hydrogen-bond acceptors (Lipinski definition) is 2. The van der Waals surface area contributed by atoms with Crippen molar-refractivity contribution in [3.8, 4) is 5.75 Å². The van der Waals surface area contributed by atoms with Crippen molar-refractivity contribution in [2.24, 2.45) is 0 Å². The Hall–Kier alpha value is -1.09. The van der Waals surface area contributed by atoms with Crippen molar-refractivity contribution in [1.82, 2.24) is 0 Å². The Morgan fingerprint density at radius 2 is 2.29 bits per heavy atom. The minimum absolute atomic E-state index is 0.123. The van der Waals surface area contributed by atoms with Crippen molar-refractivity contribution in [3.05, 3.63) is 29.6 Å². The summed E-state index contributed by atoms with van der Waals surface area (Å²) in [6.07, 6.45) is 0. The highest BCUT2D eigenvalue weighted by molar-refractivity contribution is 5.28. The first-order valence-corrected chi connectivity index (χ1v) is 4.62. The Bertz CT molecular complexity index is 345. The Morgan fingerprint density at radius 3 is 2.86 bits per heavy atom. The van der Waals surface area contributed by atoms with Crippen LogP contribution in [0.5, 0.6) is 5.75 Å². The summed E-state index contributed by atoms with van der Waals surface area (Å²) < 4.78 is 23.6. The highest BCUT2D eigenvalue weighted by Gasteiger charge is 2.40. The Kier molecular flexibility index (Phi) is 2.19. The van der Waals surface area contributed by atoms with Crippen LogP contribution in [0, 0.1) is 12.7 Å². The molecule has 1 fully saturated rings. The molecule has 0 aromatic heterocycles. The maximum atomic E-state index is 12.9. The highest BCUT2D eigenvalue weighted by Crippen LogP contribution is 2.27. The van der Waals surface area contributed by atoms with E-state index in [-0.39, 0.29) is 11.4 Å². The van der Waals surface area contributed by atoms with Crippen LogP contribution in [-0.2, 0) is 4.74 Å². The zero-order valence-corrected chi connectivity index (χ0v) is 8.34. The second-order valence-corrected chi connectivity index (χ2v) is 3.94. The number of halogens is 1. The summed E-state index contributed by atoms with van der Waals surface area (Å²) in [5, 5.41) is 0. The van der Waals surface area contributed by atoms with Gasteiger partial charge < -0.3 is 9.47 Å². The summed E-state index contributed by atoms with van der Waals surface area (Å²) in [6.45, 7) is 4.98. The van der Waals surface area contributed by atoms with Gasteiger partial charge in [0.15, 0.2) is 0 Å². The van der Waals surface area contributed by atoms with Crippen molar-refractivity contribution in [2.75, 3.05) is 13.2 Å². The molecule has 0 N–H and O–H groups in total. The summed E-state index contributed by atoms with van der Waals surface area (Å²) in [5.41, 5.74) is 0.479. The van der Waals surface area contributed by atoms with Crippen LogP contribution in [0.1, 0.15) is 12.5 Å². The SMILES string of the molecule is Cc1cc(OCC2(C)CO2)ccc1F. The Morgan fingerprint density at radius 1 is 1.57 bits per heavy atom. The van der Waals surface area contributed by atoms with Crippen LogP contribution < -0.4 is 4.74 Å². The quantitative estimate of drug-likeness (QED) is 0.692. The molecule has 0 radical (unpaired) electrons. The normalized spacial score (nSPS) is 24.8. The van der Waals surface area contributed by atoms with E-state index < -0.39 is 0 Å². The number of aryl methyl sites for hydroxylation is 1. The first-order chi connectivity index (χ1) is 6.59. The molecule has 0 bridgehead atoms. The average Bonchev–Trinajstić information content (AvgIpc) is 2.87. The molecule has 0 saturated carbocycles. The van der Waals surface area contributed by atoms with Gasteiger partial charge in [0.25, 0.3) is 0 Å². The predicted molar refractivity (Wildman–Crippen MR) is 51.0 cm³/mol. The average molecular weight is 196 g/mol. The minimum atomic E-state index is -0.203. The second kappa shape index (κ2) is 3.24. The number of hydrogen-bond donors (Lipinski definition) is 0.